The first kappa shape index (κ1) is 9.54. The minimum Gasteiger partial charge on any atom is -0.477 e. The number of carboxylic acids is 1. The number of aromatic carboxylic acids is 1. The Hall–Kier alpha value is -1.55. The Bertz CT molecular complexity index is 405. The second-order valence-electron chi connectivity index (χ2n) is 2.43. The van der Waals surface area contributed by atoms with Gasteiger partial charge in [0.15, 0.2) is 0 Å². The molecule has 0 fully saturated rings. The SMILES string of the molecule is Cl.O=C(O)c1cc2cccnc2[nH]1. The maximum Gasteiger partial charge on any atom is 0.352 e. The average molecular weight is 199 g/mol. The second-order valence-corrected chi connectivity index (χ2v) is 2.43. The number of carbonyl (C=O) groups is 1. The molecule has 2 heterocycles. The first-order chi connectivity index (χ1) is 5.77. The number of nitrogens with zero attached hydrogens (tertiary/aromatic N) is 1. The van der Waals surface area contributed by atoms with Gasteiger partial charge >= 0.3 is 5.97 Å². The van der Waals surface area contributed by atoms with E-state index in [9.17, 15) is 4.79 Å². The van der Waals surface area contributed by atoms with Crippen LogP contribution in [0.25, 0.3) is 11.0 Å². The Morgan fingerprint density at radius 1 is 1.54 bits per heavy atom. The van der Waals surface area contributed by atoms with Crippen LogP contribution in [0, 0.1) is 0 Å². The highest BCUT2D eigenvalue weighted by molar-refractivity contribution is 5.92. The van der Waals surface area contributed by atoms with E-state index in [2.05, 4.69) is 9.97 Å². The molecule has 13 heavy (non-hydrogen) atoms. The number of H-pyrrole nitrogens is 1. The fourth-order valence-electron chi connectivity index (χ4n) is 1.07. The van der Waals surface area contributed by atoms with Crippen molar-refractivity contribution in [2.24, 2.45) is 0 Å². The number of aromatic amines is 1. The standard InChI is InChI=1S/C8H6N2O2.ClH/c11-8(12)6-4-5-2-1-3-9-7(5)10-6;/h1-4H,(H,9,10)(H,11,12);1H. The van der Waals surface area contributed by atoms with Crippen LogP contribution in [0.4, 0.5) is 0 Å². The van der Waals surface area contributed by atoms with Crippen LogP contribution in [0.15, 0.2) is 24.4 Å². The summed E-state index contributed by atoms with van der Waals surface area (Å²) in [6.45, 7) is 0. The summed E-state index contributed by atoms with van der Waals surface area (Å²) in [6.07, 6.45) is 1.62. The van der Waals surface area contributed by atoms with Crippen LogP contribution in [0.5, 0.6) is 0 Å². The predicted octanol–water partition coefficient (Wildman–Crippen LogP) is 1.68. The summed E-state index contributed by atoms with van der Waals surface area (Å²) in [5, 5.41) is 9.44. The number of aromatic nitrogens is 2. The van der Waals surface area contributed by atoms with E-state index in [0.29, 0.717) is 5.65 Å². The third-order valence-corrected chi connectivity index (χ3v) is 1.62. The van der Waals surface area contributed by atoms with Gasteiger partial charge in [0.1, 0.15) is 11.3 Å². The molecule has 0 atom stereocenters. The first-order valence-corrected chi connectivity index (χ1v) is 3.44. The topological polar surface area (TPSA) is 66.0 Å². The monoisotopic (exact) mass is 198 g/mol. The summed E-state index contributed by atoms with van der Waals surface area (Å²) in [5.74, 6) is -0.965. The number of fused-ring (bicyclic) bond motifs is 1. The highest BCUT2D eigenvalue weighted by Crippen LogP contribution is 2.11. The maximum absolute atomic E-state index is 10.5. The fourth-order valence-corrected chi connectivity index (χ4v) is 1.07. The van der Waals surface area contributed by atoms with Gasteiger partial charge in [0, 0.05) is 11.6 Å². The van der Waals surface area contributed by atoms with Crippen molar-refractivity contribution in [2.45, 2.75) is 0 Å². The number of hydrogen-bond donors (Lipinski definition) is 2. The predicted molar refractivity (Wildman–Crippen MR) is 50.3 cm³/mol. The molecule has 0 saturated heterocycles. The van der Waals surface area contributed by atoms with Gasteiger partial charge in [-0.1, -0.05) is 0 Å². The van der Waals surface area contributed by atoms with Crippen molar-refractivity contribution in [3.63, 3.8) is 0 Å². The Labute approximate surface area is 80.0 Å². The number of hydrogen-bond acceptors (Lipinski definition) is 2. The zero-order valence-corrected chi connectivity index (χ0v) is 7.34. The van der Waals surface area contributed by atoms with Crippen molar-refractivity contribution in [1.29, 1.82) is 0 Å². The fraction of sp³-hybridized carbons (Fsp3) is 0. The molecule has 0 aliphatic heterocycles. The van der Waals surface area contributed by atoms with E-state index in [4.69, 9.17) is 5.11 Å². The van der Waals surface area contributed by atoms with Gasteiger partial charge in [0.05, 0.1) is 0 Å². The zero-order chi connectivity index (χ0) is 8.55. The Balaban J connectivity index is 0.000000845. The minimum absolute atomic E-state index is 0. The van der Waals surface area contributed by atoms with Crippen molar-refractivity contribution in [2.75, 3.05) is 0 Å². The molecule has 2 rings (SSSR count). The number of carboxylic acid groups (broad SMARTS) is 1. The average Bonchev–Trinajstić information content (AvgIpc) is 2.46. The largest absolute Gasteiger partial charge is 0.477 e. The smallest absolute Gasteiger partial charge is 0.352 e. The van der Waals surface area contributed by atoms with Gasteiger partial charge in [-0.15, -0.1) is 12.4 Å². The van der Waals surface area contributed by atoms with Crippen LogP contribution in [-0.4, -0.2) is 21.0 Å². The lowest BCUT2D eigenvalue weighted by Gasteiger charge is -1.83. The van der Waals surface area contributed by atoms with E-state index >= 15 is 0 Å². The molecule has 0 spiro atoms. The van der Waals surface area contributed by atoms with Gasteiger partial charge in [-0.25, -0.2) is 9.78 Å². The van der Waals surface area contributed by atoms with E-state index in [1.165, 1.54) is 0 Å². The van der Waals surface area contributed by atoms with E-state index in [1.54, 1.807) is 18.3 Å². The van der Waals surface area contributed by atoms with Crippen LogP contribution in [0.2, 0.25) is 0 Å². The number of nitrogens with one attached hydrogen (secondary N) is 1. The molecule has 0 aliphatic rings. The van der Waals surface area contributed by atoms with E-state index in [-0.39, 0.29) is 18.1 Å². The summed E-state index contributed by atoms with van der Waals surface area (Å²) in [6, 6.07) is 5.14. The molecule has 2 N–H and O–H groups in total. The summed E-state index contributed by atoms with van der Waals surface area (Å²) in [7, 11) is 0. The molecule has 4 nitrogen and oxygen atoms in total. The van der Waals surface area contributed by atoms with Crippen molar-refractivity contribution in [3.8, 4) is 0 Å². The Morgan fingerprint density at radius 2 is 2.31 bits per heavy atom. The summed E-state index contributed by atoms with van der Waals surface area (Å²) in [4.78, 5) is 17.2. The summed E-state index contributed by atoms with van der Waals surface area (Å²) >= 11 is 0. The van der Waals surface area contributed by atoms with Gasteiger partial charge < -0.3 is 10.1 Å². The molecule has 5 heteroatoms. The lowest BCUT2D eigenvalue weighted by molar-refractivity contribution is 0.0691. The van der Waals surface area contributed by atoms with Crippen LogP contribution < -0.4 is 0 Å². The molecule has 0 aromatic carbocycles. The van der Waals surface area contributed by atoms with Crippen LogP contribution in [-0.2, 0) is 0 Å². The number of pyridine rings is 1. The highest BCUT2D eigenvalue weighted by Gasteiger charge is 2.06. The lowest BCUT2D eigenvalue weighted by atomic mass is 10.3. The van der Waals surface area contributed by atoms with Crippen molar-refractivity contribution < 1.29 is 9.90 Å². The maximum atomic E-state index is 10.5. The van der Waals surface area contributed by atoms with Crippen LogP contribution >= 0.6 is 12.4 Å². The molecule has 68 valence electrons. The normalized spacial score (nSPS) is 9.54. The third-order valence-electron chi connectivity index (χ3n) is 1.62. The van der Waals surface area contributed by atoms with Gasteiger partial charge in [-0.05, 0) is 18.2 Å². The lowest BCUT2D eigenvalue weighted by Crippen LogP contribution is -1.94. The van der Waals surface area contributed by atoms with Gasteiger partial charge in [0.2, 0.25) is 0 Å². The van der Waals surface area contributed by atoms with Crippen molar-refractivity contribution in [1.82, 2.24) is 9.97 Å². The van der Waals surface area contributed by atoms with Gasteiger partial charge in [-0.3, -0.25) is 0 Å². The van der Waals surface area contributed by atoms with Crippen molar-refractivity contribution in [3.05, 3.63) is 30.1 Å². The van der Waals surface area contributed by atoms with Crippen LogP contribution in [0.1, 0.15) is 10.5 Å². The zero-order valence-electron chi connectivity index (χ0n) is 6.52. The minimum atomic E-state index is -0.965. The molecule has 0 radical (unpaired) electrons. The Morgan fingerprint density at radius 3 is 2.92 bits per heavy atom. The number of halogens is 1. The second kappa shape index (κ2) is 3.45. The van der Waals surface area contributed by atoms with E-state index in [1.807, 2.05) is 6.07 Å². The summed E-state index contributed by atoms with van der Waals surface area (Å²) in [5.41, 5.74) is 0.776. The molecule has 0 saturated carbocycles. The quantitative estimate of drug-likeness (QED) is 0.733. The van der Waals surface area contributed by atoms with E-state index in [0.717, 1.165) is 5.39 Å². The molecule has 0 bridgehead atoms. The molecule has 0 aliphatic carbocycles. The van der Waals surface area contributed by atoms with Crippen molar-refractivity contribution >= 4 is 29.4 Å². The van der Waals surface area contributed by atoms with E-state index < -0.39 is 5.97 Å². The molecule has 0 unspecified atom stereocenters. The molecular formula is C8H7ClN2O2. The van der Waals surface area contributed by atoms with Gasteiger partial charge in [-0.2, -0.15) is 0 Å². The first-order valence-electron chi connectivity index (χ1n) is 3.44. The molecular weight excluding hydrogens is 192 g/mol. The Kier molecular flexibility index (Phi) is 2.53. The molecule has 0 amide bonds. The van der Waals surface area contributed by atoms with Crippen LogP contribution in [0.3, 0.4) is 0 Å². The molecule has 2 aromatic rings. The third kappa shape index (κ3) is 1.62. The summed E-state index contributed by atoms with van der Waals surface area (Å²) < 4.78 is 0. The number of rotatable bonds is 1. The highest BCUT2D eigenvalue weighted by atomic mass is 35.5. The van der Waals surface area contributed by atoms with Gasteiger partial charge in [0.25, 0.3) is 0 Å². The molecule has 2 aromatic heterocycles.